The van der Waals surface area contributed by atoms with Gasteiger partial charge in [0.25, 0.3) is 11.8 Å². The number of carbonyl (C=O) groups excluding carboxylic acids is 3. The lowest BCUT2D eigenvalue weighted by molar-refractivity contribution is -0.119. The summed E-state index contributed by atoms with van der Waals surface area (Å²) in [5.74, 6) is -1.72. The Morgan fingerprint density at radius 2 is 1.79 bits per heavy atom. The summed E-state index contributed by atoms with van der Waals surface area (Å²) < 4.78 is 5.08. The van der Waals surface area contributed by atoms with Crippen molar-refractivity contribution in [3.05, 3.63) is 51.4 Å². The van der Waals surface area contributed by atoms with Crippen LogP contribution in [-0.4, -0.2) is 24.4 Å². The van der Waals surface area contributed by atoms with Crippen molar-refractivity contribution >= 4 is 34.1 Å². The number of amides is 2. The van der Waals surface area contributed by atoms with Gasteiger partial charge in [0.1, 0.15) is 5.00 Å². The lowest BCUT2D eigenvalue weighted by Crippen LogP contribution is -2.22. The van der Waals surface area contributed by atoms with Crippen LogP contribution in [0.1, 0.15) is 37.4 Å². The molecule has 0 atom stereocenters. The monoisotopic (exact) mass is 346 g/mol. The molecule has 24 heavy (non-hydrogen) atoms. The first-order chi connectivity index (χ1) is 11.3. The third kappa shape index (κ3) is 3.99. The molecule has 0 radical (unpaired) electrons. The number of rotatable bonds is 5. The van der Waals surface area contributed by atoms with E-state index in [9.17, 15) is 14.4 Å². The van der Waals surface area contributed by atoms with Gasteiger partial charge >= 0.3 is 5.97 Å². The quantitative estimate of drug-likeness (QED) is 0.813. The third-order valence-corrected chi connectivity index (χ3v) is 4.23. The largest absolute Gasteiger partial charge is 0.452 e. The van der Waals surface area contributed by atoms with Gasteiger partial charge in [-0.05, 0) is 43.3 Å². The predicted octanol–water partition coefficient (Wildman–Crippen LogP) is 2.57. The first-order valence-corrected chi connectivity index (χ1v) is 8.09. The minimum absolute atomic E-state index is 0.227. The van der Waals surface area contributed by atoms with Gasteiger partial charge in [-0.25, -0.2) is 4.79 Å². The van der Waals surface area contributed by atoms with Gasteiger partial charge in [0, 0.05) is 0 Å². The highest BCUT2D eigenvalue weighted by Gasteiger charge is 2.17. The van der Waals surface area contributed by atoms with Gasteiger partial charge in [-0.3, -0.25) is 9.59 Å². The predicted molar refractivity (Wildman–Crippen MR) is 92.4 cm³/mol. The zero-order valence-electron chi connectivity index (χ0n) is 13.6. The molecule has 0 aliphatic heterocycles. The number of benzene rings is 1. The van der Waals surface area contributed by atoms with Gasteiger partial charge in [0.15, 0.2) is 6.61 Å². The van der Waals surface area contributed by atoms with Crippen molar-refractivity contribution in [2.45, 2.75) is 20.8 Å². The van der Waals surface area contributed by atoms with Gasteiger partial charge in [0.2, 0.25) is 0 Å². The van der Waals surface area contributed by atoms with Crippen LogP contribution in [0.25, 0.3) is 0 Å². The number of hydrogen-bond donors (Lipinski definition) is 2. The molecule has 126 valence electrons. The number of nitrogens with two attached hydrogens (primary N) is 1. The van der Waals surface area contributed by atoms with Crippen LogP contribution in [0.2, 0.25) is 0 Å². The van der Waals surface area contributed by atoms with E-state index < -0.39 is 24.4 Å². The van der Waals surface area contributed by atoms with Crippen molar-refractivity contribution in [2.75, 3.05) is 11.9 Å². The molecule has 2 rings (SSSR count). The Morgan fingerprint density at radius 1 is 1.17 bits per heavy atom. The molecular formula is C17H18N2O4S. The number of esters is 1. The summed E-state index contributed by atoms with van der Waals surface area (Å²) in [4.78, 5) is 35.3. The van der Waals surface area contributed by atoms with Crippen molar-refractivity contribution < 1.29 is 19.1 Å². The van der Waals surface area contributed by atoms with E-state index in [-0.39, 0.29) is 5.56 Å². The molecule has 1 aromatic carbocycles. The number of anilines is 1. The van der Waals surface area contributed by atoms with Crippen LogP contribution in [0.15, 0.2) is 23.6 Å². The number of primary amides is 1. The Hall–Kier alpha value is -2.67. The Balaban J connectivity index is 2.00. The van der Waals surface area contributed by atoms with E-state index in [0.29, 0.717) is 10.6 Å². The molecule has 0 fully saturated rings. The van der Waals surface area contributed by atoms with E-state index in [1.165, 1.54) is 17.4 Å². The number of hydrogen-bond acceptors (Lipinski definition) is 5. The molecule has 0 aliphatic rings. The van der Waals surface area contributed by atoms with Crippen LogP contribution < -0.4 is 11.1 Å². The number of carbonyl (C=O) groups is 3. The molecule has 1 aromatic heterocycles. The Labute approximate surface area is 143 Å². The second kappa shape index (κ2) is 7.27. The van der Waals surface area contributed by atoms with E-state index in [1.807, 2.05) is 32.9 Å². The van der Waals surface area contributed by atoms with Gasteiger partial charge in [-0.1, -0.05) is 17.7 Å². The van der Waals surface area contributed by atoms with Gasteiger partial charge in [0.05, 0.1) is 11.1 Å². The minimum atomic E-state index is -0.630. The first kappa shape index (κ1) is 17.7. The second-order valence-corrected chi connectivity index (χ2v) is 6.34. The highest BCUT2D eigenvalue weighted by molar-refractivity contribution is 7.14. The van der Waals surface area contributed by atoms with Crippen LogP contribution in [0.5, 0.6) is 0 Å². The molecule has 3 N–H and O–H groups in total. The maximum absolute atomic E-state index is 12.2. The first-order valence-electron chi connectivity index (χ1n) is 7.21. The topological polar surface area (TPSA) is 98.5 Å². The summed E-state index contributed by atoms with van der Waals surface area (Å²) in [5.41, 5.74) is 8.55. The molecule has 2 amide bonds. The van der Waals surface area contributed by atoms with E-state index in [4.69, 9.17) is 10.5 Å². The summed E-state index contributed by atoms with van der Waals surface area (Å²) in [6.45, 7) is 5.14. The molecule has 0 aliphatic carbocycles. The molecule has 0 bridgehead atoms. The number of aryl methyl sites for hydroxylation is 3. The minimum Gasteiger partial charge on any atom is -0.452 e. The fourth-order valence-corrected chi connectivity index (χ4v) is 3.28. The third-order valence-electron chi connectivity index (χ3n) is 3.40. The number of nitrogens with one attached hydrogen (secondary N) is 1. The molecular weight excluding hydrogens is 328 g/mol. The molecule has 0 spiro atoms. The summed E-state index contributed by atoms with van der Waals surface area (Å²) in [6.07, 6.45) is 0. The Kier molecular flexibility index (Phi) is 5.35. The lowest BCUT2D eigenvalue weighted by Gasteiger charge is -2.11. The maximum atomic E-state index is 12.2. The van der Waals surface area contributed by atoms with Crippen molar-refractivity contribution in [2.24, 2.45) is 5.73 Å². The molecule has 6 nitrogen and oxygen atoms in total. The zero-order chi connectivity index (χ0) is 17.9. The summed E-state index contributed by atoms with van der Waals surface area (Å²) in [5, 5.41) is 4.50. The average Bonchev–Trinajstić information content (AvgIpc) is 2.92. The number of thiophene rings is 1. The van der Waals surface area contributed by atoms with E-state index >= 15 is 0 Å². The van der Waals surface area contributed by atoms with Crippen LogP contribution in [0.3, 0.4) is 0 Å². The highest BCUT2D eigenvalue weighted by atomic mass is 32.1. The van der Waals surface area contributed by atoms with Crippen molar-refractivity contribution in [3.8, 4) is 0 Å². The second-order valence-electron chi connectivity index (χ2n) is 5.43. The SMILES string of the molecule is Cc1cc(C)c(C(=O)OCC(=O)Nc2sccc2C(N)=O)c(C)c1. The normalized spacial score (nSPS) is 10.3. The van der Waals surface area contributed by atoms with E-state index in [1.54, 1.807) is 5.38 Å². The van der Waals surface area contributed by atoms with Crippen molar-refractivity contribution in [3.63, 3.8) is 0 Å². The lowest BCUT2D eigenvalue weighted by atomic mass is 10.00. The van der Waals surface area contributed by atoms with E-state index in [2.05, 4.69) is 5.32 Å². The van der Waals surface area contributed by atoms with Gasteiger partial charge < -0.3 is 15.8 Å². The molecule has 0 saturated heterocycles. The fraction of sp³-hybridized carbons (Fsp3) is 0.235. The summed E-state index contributed by atoms with van der Waals surface area (Å²) in [7, 11) is 0. The molecule has 0 unspecified atom stereocenters. The Morgan fingerprint density at radius 3 is 2.38 bits per heavy atom. The van der Waals surface area contributed by atoms with Crippen molar-refractivity contribution in [1.82, 2.24) is 0 Å². The van der Waals surface area contributed by atoms with Crippen LogP contribution in [0, 0.1) is 20.8 Å². The molecule has 2 aromatic rings. The average molecular weight is 346 g/mol. The van der Waals surface area contributed by atoms with E-state index in [0.717, 1.165) is 16.7 Å². The number of ether oxygens (including phenoxy) is 1. The van der Waals surface area contributed by atoms with Gasteiger partial charge in [-0.2, -0.15) is 0 Å². The summed E-state index contributed by atoms with van der Waals surface area (Å²) in [6, 6.07) is 5.29. The van der Waals surface area contributed by atoms with Crippen LogP contribution in [0.4, 0.5) is 5.00 Å². The molecule has 1 heterocycles. The smallest absolute Gasteiger partial charge is 0.339 e. The van der Waals surface area contributed by atoms with Crippen LogP contribution in [-0.2, 0) is 9.53 Å². The maximum Gasteiger partial charge on any atom is 0.339 e. The van der Waals surface area contributed by atoms with Crippen molar-refractivity contribution in [1.29, 1.82) is 0 Å². The van der Waals surface area contributed by atoms with Crippen LogP contribution >= 0.6 is 11.3 Å². The molecule has 0 saturated carbocycles. The molecule has 7 heteroatoms. The zero-order valence-corrected chi connectivity index (χ0v) is 14.5. The Bertz CT molecular complexity index is 788. The highest BCUT2D eigenvalue weighted by Crippen LogP contribution is 2.22. The van der Waals surface area contributed by atoms with Gasteiger partial charge in [-0.15, -0.1) is 11.3 Å². The summed E-state index contributed by atoms with van der Waals surface area (Å²) >= 11 is 1.17. The standard InChI is InChI=1S/C17H18N2O4S/c1-9-6-10(2)14(11(3)7-9)17(22)23-8-13(20)19-16-12(15(18)21)4-5-24-16/h4-7H,8H2,1-3H3,(H2,18,21)(H,19,20). The fourth-order valence-electron chi connectivity index (χ4n) is 2.47.